The molecule has 60 valence electrons. The summed E-state index contributed by atoms with van der Waals surface area (Å²) in [6.07, 6.45) is 1.29. The summed E-state index contributed by atoms with van der Waals surface area (Å²) in [5.41, 5.74) is 0.281. The van der Waals surface area contributed by atoms with E-state index in [9.17, 15) is 4.79 Å². The van der Waals surface area contributed by atoms with Gasteiger partial charge in [-0.1, -0.05) is 0 Å². The largest absolute Gasteiger partial charge is 0.458 e. The Labute approximate surface area is 68.5 Å². The molecular formula is C6H8N2O2S. The highest BCUT2D eigenvalue weighted by atomic mass is 32.1. The molecule has 1 aromatic rings. The molecule has 0 saturated heterocycles. The van der Waals surface area contributed by atoms with Gasteiger partial charge in [-0.25, -0.2) is 4.79 Å². The second-order valence-electron chi connectivity index (χ2n) is 2.25. The number of carbonyl (C=O) groups excluding carboxylic acids is 1. The van der Waals surface area contributed by atoms with Crippen molar-refractivity contribution in [2.75, 3.05) is 0 Å². The van der Waals surface area contributed by atoms with Gasteiger partial charge in [0.1, 0.15) is 0 Å². The number of esters is 1. The van der Waals surface area contributed by atoms with Crippen molar-refractivity contribution in [3.63, 3.8) is 0 Å². The molecular weight excluding hydrogens is 164 g/mol. The monoisotopic (exact) mass is 172 g/mol. The van der Waals surface area contributed by atoms with Crippen molar-refractivity contribution in [2.45, 2.75) is 20.0 Å². The van der Waals surface area contributed by atoms with E-state index in [-0.39, 0.29) is 11.8 Å². The third-order valence-electron chi connectivity index (χ3n) is 0.913. The van der Waals surface area contributed by atoms with Gasteiger partial charge in [-0.3, -0.25) is 0 Å². The fourth-order valence-electron chi connectivity index (χ4n) is 0.529. The molecule has 0 aromatic carbocycles. The lowest BCUT2D eigenvalue weighted by Gasteiger charge is -2.04. The highest BCUT2D eigenvalue weighted by Gasteiger charge is 2.10. The van der Waals surface area contributed by atoms with Crippen LogP contribution in [0, 0.1) is 0 Å². The summed E-state index contributed by atoms with van der Waals surface area (Å²) in [5.74, 6) is -0.409. The van der Waals surface area contributed by atoms with Gasteiger partial charge in [0.05, 0.1) is 24.0 Å². The molecule has 1 rings (SSSR count). The molecule has 0 unspecified atom stereocenters. The number of rotatable bonds is 2. The van der Waals surface area contributed by atoms with Gasteiger partial charge in [0, 0.05) is 0 Å². The van der Waals surface area contributed by atoms with E-state index in [2.05, 4.69) is 8.75 Å². The third kappa shape index (κ3) is 2.27. The molecule has 0 amide bonds. The molecule has 0 saturated carbocycles. The quantitative estimate of drug-likeness (QED) is 0.627. The molecule has 0 bridgehead atoms. The Morgan fingerprint density at radius 2 is 2.45 bits per heavy atom. The van der Waals surface area contributed by atoms with Gasteiger partial charge in [-0.05, 0) is 13.8 Å². The van der Waals surface area contributed by atoms with Crippen LogP contribution < -0.4 is 0 Å². The molecule has 0 aliphatic rings. The van der Waals surface area contributed by atoms with Crippen LogP contribution in [-0.2, 0) is 4.74 Å². The molecule has 0 aliphatic carbocycles. The first kappa shape index (κ1) is 8.13. The van der Waals surface area contributed by atoms with Crippen LogP contribution in [0.3, 0.4) is 0 Å². The smallest absolute Gasteiger partial charge is 0.359 e. The van der Waals surface area contributed by atoms with Crippen molar-refractivity contribution in [1.82, 2.24) is 8.75 Å². The van der Waals surface area contributed by atoms with E-state index in [1.165, 1.54) is 6.20 Å². The number of hydrogen-bond donors (Lipinski definition) is 0. The minimum absolute atomic E-state index is 0.107. The highest BCUT2D eigenvalue weighted by Crippen LogP contribution is 2.00. The summed E-state index contributed by atoms with van der Waals surface area (Å²) in [7, 11) is 0. The van der Waals surface area contributed by atoms with E-state index in [1.54, 1.807) is 13.8 Å². The van der Waals surface area contributed by atoms with Gasteiger partial charge in [-0.15, -0.1) is 0 Å². The Morgan fingerprint density at radius 1 is 1.73 bits per heavy atom. The normalized spacial score (nSPS) is 10.1. The predicted octanol–water partition coefficient (Wildman–Crippen LogP) is 1.10. The van der Waals surface area contributed by atoms with Gasteiger partial charge in [0.2, 0.25) is 0 Å². The molecule has 1 aromatic heterocycles. The van der Waals surface area contributed by atoms with Gasteiger partial charge in [0.15, 0.2) is 5.69 Å². The van der Waals surface area contributed by atoms with Crippen LogP contribution in [0.4, 0.5) is 0 Å². The summed E-state index contributed by atoms with van der Waals surface area (Å²) in [6, 6.07) is 0. The van der Waals surface area contributed by atoms with Gasteiger partial charge >= 0.3 is 5.97 Å². The van der Waals surface area contributed by atoms with E-state index >= 15 is 0 Å². The predicted molar refractivity (Wildman–Crippen MR) is 40.5 cm³/mol. The summed E-state index contributed by atoms with van der Waals surface area (Å²) < 4.78 is 12.3. The fourth-order valence-corrected chi connectivity index (χ4v) is 0.933. The van der Waals surface area contributed by atoms with Crippen molar-refractivity contribution in [3.8, 4) is 0 Å². The van der Waals surface area contributed by atoms with Gasteiger partial charge in [0.25, 0.3) is 0 Å². The number of hydrogen-bond acceptors (Lipinski definition) is 5. The van der Waals surface area contributed by atoms with Crippen molar-refractivity contribution in [1.29, 1.82) is 0 Å². The maximum Gasteiger partial charge on any atom is 0.359 e. The van der Waals surface area contributed by atoms with Crippen LogP contribution in [0.15, 0.2) is 6.20 Å². The average Bonchev–Trinajstić information content (AvgIpc) is 2.35. The van der Waals surface area contributed by atoms with E-state index in [0.717, 1.165) is 11.7 Å². The number of aromatic nitrogens is 2. The zero-order valence-corrected chi connectivity index (χ0v) is 7.09. The van der Waals surface area contributed by atoms with Crippen molar-refractivity contribution >= 4 is 17.7 Å². The van der Waals surface area contributed by atoms with Gasteiger partial charge < -0.3 is 4.74 Å². The molecule has 0 radical (unpaired) electrons. The van der Waals surface area contributed by atoms with Crippen LogP contribution in [-0.4, -0.2) is 20.8 Å². The first-order valence-corrected chi connectivity index (χ1v) is 3.91. The Balaban J connectivity index is 2.57. The zero-order valence-electron chi connectivity index (χ0n) is 6.27. The van der Waals surface area contributed by atoms with Crippen molar-refractivity contribution < 1.29 is 9.53 Å². The van der Waals surface area contributed by atoms with E-state index in [0.29, 0.717) is 0 Å². The van der Waals surface area contributed by atoms with Crippen molar-refractivity contribution in [3.05, 3.63) is 11.9 Å². The van der Waals surface area contributed by atoms with E-state index < -0.39 is 5.97 Å². The first-order valence-electron chi connectivity index (χ1n) is 3.18. The van der Waals surface area contributed by atoms with Crippen LogP contribution in [0.1, 0.15) is 24.3 Å². The lowest BCUT2D eigenvalue weighted by molar-refractivity contribution is 0.0372. The minimum Gasteiger partial charge on any atom is -0.458 e. The second-order valence-corrected chi connectivity index (χ2v) is 2.80. The van der Waals surface area contributed by atoms with E-state index in [4.69, 9.17) is 4.74 Å². The summed E-state index contributed by atoms with van der Waals surface area (Å²) in [4.78, 5) is 11.0. The van der Waals surface area contributed by atoms with Crippen LogP contribution in [0.2, 0.25) is 0 Å². The lowest BCUT2D eigenvalue weighted by atomic mass is 10.4. The molecule has 5 heteroatoms. The molecule has 4 nitrogen and oxygen atoms in total. The Kier molecular flexibility index (Phi) is 2.53. The molecule has 11 heavy (non-hydrogen) atoms. The van der Waals surface area contributed by atoms with Crippen LogP contribution >= 0.6 is 11.7 Å². The van der Waals surface area contributed by atoms with Crippen LogP contribution in [0.5, 0.6) is 0 Å². The van der Waals surface area contributed by atoms with Gasteiger partial charge in [-0.2, -0.15) is 8.75 Å². The lowest BCUT2D eigenvalue weighted by Crippen LogP contribution is -2.11. The molecule has 0 fully saturated rings. The number of ether oxygens (including phenoxy) is 1. The summed E-state index contributed by atoms with van der Waals surface area (Å²) >= 11 is 0.994. The number of nitrogens with zero attached hydrogens (tertiary/aromatic N) is 2. The summed E-state index contributed by atoms with van der Waals surface area (Å²) in [5, 5.41) is 0. The van der Waals surface area contributed by atoms with Crippen molar-refractivity contribution in [2.24, 2.45) is 0 Å². The van der Waals surface area contributed by atoms with E-state index in [1.807, 2.05) is 0 Å². The second kappa shape index (κ2) is 3.43. The van der Waals surface area contributed by atoms with Crippen LogP contribution in [0.25, 0.3) is 0 Å². The Hall–Kier alpha value is -0.970. The molecule has 0 spiro atoms. The standard InChI is InChI=1S/C6H8N2O2S/c1-4(2)10-6(9)5-3-7-11-8-5/h3-4H,1-2H3. The topological polar surface area (TPSA) is 52.1 Å². The minimum atomic E-state index is -0.409. The SMILES string of the molecule is CC(C)OC(=O)c1cnsn1. The Morgan fingerprint density at radius 3 is 2.91 bits per heavy atom. The molecule has 1 heterocycles. The maximum absolute atomic E-state index is 11.0. The fraction of sp³-hybridized carbons (Fsp3) is 0.500. The highest BCUT2D eigenvalue weighted by molar-refractivity contribution is 6.99. The maximum atomic E-state index is 11.0. The number of carbonyl (C=O) groups is 1. The Bertz CT molecular complexity index is 233. The molecule has 0 aliphatic heterocycles. The zero-order chi connectivity index (χ0) is 8.27. The molecule has 0 atom stereocenters. The first-order chi connectivity index (χ1) is 5.20. The average molecular weight is 172 g/mol. The third-order valence-corrected chi connectivity index (χ3v) is 1.39. The summed E-state index contributed by atoms with van der Waals surface area (Å²) in [6.45, 7) is 3.58. The molecule has 0 N–H and O–H groups in total.